The highest BCUT2D eigenvalue weighted by Crippen LogP contribution is 2.18. The highest BCUT2D eigenvalue weighted by Gasteiger charge is 2.29. The molecule has 0 unspecified atom stereocenters. The minimum atomic E-state index is -0.265. The van der Waals surface area contributed by atoms with E-state index < -0.39 is 0 Å². The summed E-state index contributed by atoms with van der Waals surface area (Å²) in [6.07, 6.45) is 1.61. The molecule has 0 aliphatic carbocycles. The Morgan fingerprint density at radius 2 is 1.50 bits per heavy atom. The van der Waals surface area contributed by atoms with E-state index in [0.29, 0.717) is 16.1 Å². The first-order valence-electron chi connectivity index (χ1n) is 8.43. The summed E-state index contributed by atoms with van der Waals surface area (Å²) in [4.78, 5) is 26.1. The van der Waals surface area contributed by atoms with Crippen LogP contribution in [-0.4, -0.2) is 34.4 Å². The van der Waals surface area contributed by atoms with E-state index in [-0.39, 0.29) is 24.4 Å². The van der Waals surface area contributed by atoms with Crippen molar-refractivity contribution in [3.05, 3.63) is 82.9 Å². The van der Waals surface area contributed by atoms with Crippen LogP contribution in [0.4, 0.5) is 0 Å². The molecular formula is C21H23ClN2O2. The summed E-state index contributed by atoms with van der Waals surface area (Å²) in [5.41, 5.74) is 2.05. The minimum Gasteiger partial charge on any atom is -0.267 e. The number of benzene rings is 2. The molecule has 0 heterocycles. The lowest BCUT2D eigenvalue weighted by atomic mass is 10.1. The lowest BCUT2D eigenvalue weighted by Gasteiger charge is -2.37. The first-order valence-corrected chi connectivity index (χ1v) is 8.81. The molecule has 4 nitrogen and oxygen atoms in total. The number of hydrazine groups is 1. The predicted molar refractivity (Wildman–Crippen MR) is 105 cm³/mol. The number of hydrogen-bond acceptors (Lipinski definition) is 2. The number of halogens is 1. The van der Waals surface area contributed by atoms with Crippen LogP contribution in [0.2, 0.25) is 5.02 Å². The summed E-state index contributed by atoms with van der Waals surface area (Å²) in [5.74, 6) is -0.514. The zero-order valence-corrected chi connectivity index (χ0v) is 16.0. The molecule has 0 saturated heterocycles. The van der Waals surface area contributed by atoms with Crippen molar-refractivity contribution >= 4 is 23.4 Å². The van der Waals surface area contributed by atoms with Crippen LogP contribution in [0.1, 0.15) is 40.1 Å². The van der Waals surface area contributed by atoms with Crippen LogP contribution in [0.25, 0.3) is 0 Å². The molecule has 0 saturated carbocycles. The van der Waals surface area contributed by atoms with Crippen molar-refractivity contribution in [2.24, 2.45) is 0 Å². The van der Waals surface area contributed by atoms with E-state index in [9.17, 15) is 9.59 Å². The average Bonchev–Trinajstić information content (AvgIpc) is 2.61. The summed E-state index contributed by atoms with van der Waals surface area (Å²) in [6, 6.07) is 13.7. The molecule has 2 amide bonds. The van der Waals surface area contributed by atoms with Gasteiger partial charge in [0, 0.05) is 22.2 Å². The highest BCUT2D eigenvalue weighted by molar-refractivity contribution is 6.30. The van der Waals surface area contributed by atoms with Crippen molar-refractivity contribution < 1.29 is 9.59 Å². The summed E-state index contributed by atoms with van der Waals surface area (Å²) in [6.45, 7) is 9.65. The molecule has 0 N–H and O–H groups in total. The molecule has 26 heavy (non-hydrogen) atoms. The number of nitrogens with zero attached hydrogens (tertiary/aromatic N) is 2. The van der Waals surface area contributed by atoms with Crippen molar-refractivity contribution in [1.29, 1.82) is 0 Å². The molecular weight excluding hydrogens is 348 g/mol. The fourth-order valence-corrected chi connectivity index (χ4v) is 2.71. The van der Waals surface area contributed by atoms with E-state index >= 15 is 0 Å². The van der Waals surface area contributed by atoms with Gasteiger partial charge < -0.3 is 0 Å². The second-order valence-corrected chi connectivity index (χ2v) is 6.73. The van der Waals surface area contributed by atoms with Crippen LogP contribution in [0, 0.1) is 6.92 Å². The Labute approximate surface area is 159 Å². The van der Waals surface area contributed by atoms with E-state index in [2.05, 4.69) is 6.58 Å². The van der Waals surface area contributed by atoms with Gasteiger partial charge in [-0.2, -0.15) is 0 Å². The molecule has 0 aliphatic heterocycles. The molecule has 136 valence electrons. The highest BCUT2D eigenvalue weighted by atomic mass is 35.5. The maximum atomic E-state index is 13.1. The zero-order valence-electron chi connectivity index (χ0n) is 15.3. The monoisotopic (exact) mass is 370 g/mol. The SMILES string of the molecule is C=CCN(C(=O)c1ccc(C)cc1)N(C(=O)c1ccc(Cl)cc1)C(C)C. The first kappa shape index (κ1) is 19.7. The van der Waals surface area contributed by atoms with Gasteiger partial charge in [-0.25, -0.2) is 10.0 Å². The normalized spacial score (nSPS) is 10.5. The van der Waals surface area contributed by atoms with Crippen LogP contribution in [0.15, 0.2) is 61.2 Å². The van der Waals surface area contributed by atoms with Crippen molar-refractivity contribution in [2.75, 3.05) is 6.54 Å². The van der Waals surface area contributed by atoms with Gasteiger partial charge in [-0.15, -0.1) is 6.58 Å². The van der Waals surface area contributed by atoms with Gasteiger partial charge in [-0.1, -0.05) is 35.4 Å². The number of aryl methyl sites for hydroxylation is 1. The smallest absolute Gasteiger partial charge is 0.267 e. The van der Waals surface area contributed by atoms with E-state index in [1.165, 1.54) is 10.0 Å². The van der Waals surface area contributed by atoms with E-state index in [4.69, 9.17) is 11.6 Å². The van der Waals surface area contributed by atoms with Crippen LogP contribution in [0.3, 0.4) is 0 Å². The van der Waals surface area contributed by atoms with Crippen molar-refractivity contribution in [1.82, 2.24) is 10.0 Å². The topological polar surface area (TPSA) is 40.6 Å². The third kappa shape index (κ3) is 4.52. The van der Waals surface area contributed by atoms with Gasteiger partial charge in [-0.3, -0.25) is 9.59 Å². The van der Waals surface area contributed by atoms with Gasteiger partial charge in [0.2, 0.25) is 0 Å². The Morgan fingerprint density at radius 3 is 2.00 bits per heavy atom. The molecule has 2 aromatic rings. The molecule has 0 bridgehead atoms. The van der Waals surface area contributed by atoms with Crippen molar-refractivity contribution in [3.8, 4) is 0 Å². The zero-order chi connectivity index (χ0) is 19.3. The van der Waals surface area contributed by atoms with Gasteiger partial charge in [0.05, 0.1) is 6.54 Å². The molecule has 0 atom stereocenters. The molecule has 0 spiro atoms. The van der Waals surface area contributed by atoms with Crippen LogP contribution < -0.4 is 0 Å². The molecule has 0 aromatic heterocycles. The molecule has 5 heteroatoms. The minimum absolute atomic E-state index is 0.215. The Bertz CT molecular complexity index is 783. The van der Waals surface area contributed by atoms with E-state index in [0.717, 1.165) is 5.56 Å². The number of amides is 2. The Kier molecular flexibility index (Phi) is 6.58. The van der Waals surface area contributed by atoms with Gasteiger partial charge in [-0.05, 0) is 57.2 Å². The quantitative estimate of drug-likeness (QED) is 0.563. The molecule has 0 radical (unpaired) electrons. The van der Waals surface area contributed by atoms with Gasteiger partial charge in [0.15, 0.2) is 0 Å². The number of carbonyl (C=O) groups excluding carboxylic acids is 2. The first-order chi connectivity index (χ1) is 12.3. The molecule has 2 aromatic carbocycles. The predicted octanol–water partition coefficient (Wildman–Crippen LogP) is 4.74. The van der Waals surface area contributed by atoms with Crippen LogP contribution in [0.5, 0.6) is 0 Å². The summed E-state index contributed by atoms with van der Waals surface area (Å²) < 4.78 is 0. The molecule has 0 fully saturated rings. The third-order valence-electron chi connectivity index (χ3n) is 3.88. The van der Waals surface area contributed by atoms with Crippen molar-refractivity contribution in [2.45, 2.75) is 26.8 Å². The van der Waals surface area contributed by atoms with Gasteiger partial charge in [0.1, 0.15) is 0 Å². The molecule has 2 rings (SSSR count). The number of hydrogen-bond donors (Lipinski definition) is 0. The maximum absolute atomic E-state index is 13.1. The Hall–Kier alpha value is -2.59. The maximum Gasteiger partial charge on any atom is 0.272 e. The van der Waals surface area contributed by atoms with E-state index in [1.54, 1.807) is 42.5 Å². The fraction of sp³-hybridized carbons (Fsp3) is 0.238. The lowest BCUT2D eigenvalue weighted by molar-refractivity contribution is -0.0120. The fourth-order valence-electron chi connectivity index (χ4n) is 2.58. The third-order valence-corrected chi connectivity index (χ3v) is 4.14. The standard InChI is InChI=1S/C21H23ClN2O2/c1-5-14-23(20(25)17-8-6-16(4)7-9-17)24(15(2)3)21(26)18-10-12-19(22)13-11-18/h5-13,15H,1,14H2,2-4H3. The molecule has 0 aliphatic rings. The number of carbonyl (C=O) groups is 2. The summed E-state index contributed by atoms with van der Waals surface area (Å²) in [5, 5.41) is 3.45. The average molecular weight is 371 g/mol. The Balaban J connectivity index is 2.40. The van der Waals surface area contributed by atoms with E-state index in [1.807, 2.05) is 32.9 Å². The second kappa shape index (κ2) is 8.68. The van der Waals surface area contributed by atoms with Gasteiger partial charge in [0.25, 0.3) is 11.8 Å². The second-order valence-electron chi connectivity index (χ2n) is 6.29. The van der Waals surface area contributed by atoms with Crippen LogP contribution >= 0.6 is 11.6 Å². The lowest BCUT2D eigenvalue weighted by Crippen LogP contribution is -2.53. The summed E-state index contributed by atoms with van der Waals surface area (Å²) in [7, 11) is 0. The summed E-state index contributed by atoms with van der Waals surface area (Å²) >= 11 is 5.91. The van der Waals surface area contributed by atoms with Crippen LogP contribution in [-0.2, 0) is 0 Å². The Morgan fingerprint density at radius 1 is 1.00 bits per heavy atom. The van der Waals surface area contributed by atoms with Crippen molar-refractivity contribution in [3.63, 3.8) is 0 Å². The number of rotatable bonds is 5. The largest absolute Gasteiger partial charge is 0.272 e. The van der Waals surface area contributed by atoms with Gasteiger partial charge >= 0.3 is 0 Å².